The van der Waals surface area contributed by atoms with Crippen LogP contribution in [0.25, 0.3) is 0 Å². The fraction of sp³-hybridized carbons (Fsp3) is 1.00. The van der Waals surface area contributed by atoms with Crippen LogP contribution < -0.4 is 0 Å². The van der Waals surface area contributed by atoms with Gasteiger partial charge in [-0.25, -0.2) is 0 Å². The molecule has 0 amide bonds. The minimum atomic E-state index is -0.357. The number of hydrogen-bond acceptors (Lipinski definition) is 0. The second kappa shape index (κ2) is 4.80. The van der Waals surface area contributed by atoms with Gasteiger partial charge in [-0.1, -0.05) is 22.6 Å². The Bertz CT molecular complexity index is 107. The molecule has 1 aliphatic carbocycles. The van der Waals surface area contributed by atoms with Crippen molar-refractivity contribution in [1.82, 2.24) is 0 Å². The van der Waals surface area contributed by atoms with Crippen LogP contribution in [0, 0.1) is 0 Å². The molecule has 0 aromatic carbocycles. The van der Waals surface area contributed by atoms with E-state index >= 15 is 0 Å². The van der Waals surface area contributed by atoms with Gasteiger partial charge in [0.15, 0.2) is 0 Å². The van der Waals surface area contributed by atoms with Crippen LogP contribution in [0.5, 0.6) is 0 Å². The fourth-order valence-corrected chi connectivity index (χ4v) is 4.30. The first kappa shape index (κ1) is 12.3. The average molecular weight is 382 g/mol. The van der Waals surface area contributed by atoms with Crippen molar-refractivity contribution in [1.29, 1.82) is 0 Å². The van der Waals surface area contributed by atoms with Crippen molar-refractivity contribution in [3.63, 3.8) is 0 Å². The van der Waals surface area contributed by atoms with E-state index in [1.165, 1.54) is 0 Å². The molecule has 0 aliphatic heterocycles. The monoisotopic (exact) mass is 380 g/mol. The normalized spacial score (nSPS) is 55.5. The highest BCUT2D eigenvalue weighted by Gasteiger charge is 2.46. The number of hydrogen-bond donors (Lipinski definition) is 0. The first-order valence-electron chi connectivity index (χ1n) is 3.31. The molecule has 72 valence electrons. The van der Waals surface area contributed by atoms with E-state index in [2.05, 4.69) is 22.6 Å². The van der Waals surface area contributed by atoms with Gasteiger partial charge in [-0.15, -0.1) is 58.0 Å². The maximum Gasteiger partial charge on any atom is 0.0692 e. The standard InChI is InChI=1S/C6H6Cl5I/c7-1-2(8)4(10)6(12)5(11)3(1)9/h1-6H/t1?,2-,3+,4-,5+,6?. The molecule has 0 aromatic rings. The van der Waals surface area contributed by atoms with Crippen molar-refractivity contribution in [3.8, 4) is 0 Å². The maximum absolute atomic E-state index is 6.01. The minimum absolute atomic E-state index is 0.0610. The van der Waals surface area contributed by atoms with Gasteiger partial charge in [-0.3, -0.25) is 0 Å². The van der Waals surface area contributed by atoms with Crippen LogP contribution in [0.2, 0.25) is 0 Å². The SMILES string of the molecule is ClC1[C@@H](Cl)[C@@H](Cl)C(I)[C@@H](Cl)[C@H]1Cl. The van der Waals surface area contributed by atoms with Crippen molar-refractivity contribution in [2.75, 3.05) is 0 Å². The molecule has 1 fully saturated rings. The summed E-state index contributed by atoms with van der Waals surface area (Å²) in [4.78, 5) is 0. The summed E-state index contributed by atoms with van der Waals surface area (Å²) in [5.74, 6) is 0. The van der Waals surface area contributed by atoms with Gasteiger partial charge in [0.1, 0.15) is 0 Å². The average Bonchev–Trinajstić information content (AvgIpc) is 2.08. The Kier molecular flexibility index (Phi) is 4.90. The van der Waals surface area contributed by atoms with Gasteiger partial charge in [0, 0.05) is 3.92 Å². The molecule has 1 aliphatic rings. The van der Waals surface area contributed by atoms with Gasteiger partial charge in [0.2, 0.25) is 0 Å². The van der Waals surface area contributed by atoms with Crippen LogP contribution >= 0.6 is 80.6 Å². The maximum atomic E-state index is 6.01. The molecular weight excluding hydrogens is 376 g/mol. The summed E-state index contributed by atoms with van der Waals surface area (Å²) in [6.07, 6.45) is 0. The Balaban J connectivity index is 2.76. The third-order valence-corrected chi connectivity index (χ3v) is 7.46. The molecule has 2 unspecified atom stereocenters. The molecule has 0 N–H and O–H groups in total. The molecule has 0 heterocycles. The molecule has 0 spiro atoms. The van der Waals surface area contributed by atoms with E-state index in [1.54, 1.807) is 0 Å². The third-order valence-electron chi connectivity index (χ3n) is 1.83. The molecule has 0 radical (unpaired) electrons. The van der Waals surface area contributed by atoms with Crippen LogP contribution in [-0.2, 0) is 0 Å². The van der Waals surface area contributed by atoms with Crippen molar-refractivity contribution < 1.29 is 0 Å². The lowest BCUT2D eigenvalue weighted by Gasteiger charge is -2.38. The zero-order valence-corrected chi connectivity index (χ0v) is 11.7. The van der Waals surface area contributed by atoms with Gasteiger partial charge in [-0.2, -0.15) is 0 Å². The molecule has 0 bridgehead atoms. The van der Waals surface area contributed by atoms with Gasteiger partial charge in [0.25, 0.3) is 0 Å². The Morgan fingerprint density at radius 1 is 0.583 bits per heavy atom. The predicted molar refractivity (Wildman–Crippen MR) is 66.0 cm³/mol. The molecule has 1 rings (SSSR count). The van der Waals surface area contributed by atoms with Crippen molar-refractivity contribution >= 4 is 80.6 Å². The fourth-order valence-electron chi connectivity index (χ4n) is 1.05. The molecule has 1 saturated carbocycles. The van der Waals surface area contributed by atoms with Crippen LogP contribution in [0.4, 0.5) is 0 Å². The Hall–Kier alpha value is 2.18. The van der Waals surface area contributed by atoms with E-state index in [-0.39, 0.29) is 30.8 Å². The lowest BCUT2D eigenvalue weighted by Crippen LogP contribution is -2.51. The summed E-state index contributed by atoms with van der Waals surface area (Å²) in [5, 5.41) is -1.41. The van der Waals surface area contributed by atoms with Gasteiger partial charge in [0.05, 0.1) is 26.9 Å². The lowest BCUT2D eigenvalue weighted by atomic mass is 9.98. The zero-order chi connectivity index (χ0) is 9.46. The smallest absolute Gasteiger partial charge is 0.0692 e. The molecule has 0 nitrogen and oxygen atoms in total. The molecule has 6 atom stereocenters. The third kappa shape index (κ3) is 2.22. The van der Waals surface area contributed by atoms with E-state index in [0.29, 0.717) is 0 Å². The molecule has 6 heteroatoms. The van der Waals surface area contributed by atoms with Crippen molar-refractivity contribution in [2.45, 2.75) is 30.8 Å². The highest BCUT2D eigenvalue weighted by molar-refractivity contribution is 14.1. The first-order valence-corrected chi connectivity index (χ1v) is 6.74. The molecule has 12 heavy (non-hydrogen) atoms. The molecular formula is C6H6Cl5I. The van der Waals surface area contributed by atoms with Gasteiger partial charge >= 0.3 is 0 Å². The molecule has 0 aromatic heterocycles. The Morgan fingerprint density at radius 3 is 1.17 bits per heavy atom. The Labute approximate surface area is 110 Å². The number of rotatable bonds is 0. The van der Waals surface area contributed by atoms with Crippen molar-refractivity contribution in [3.05, 3.63) is 0 Å². The largest absolute Gasteiger partial charge is 0.120 e. The van der Waals surface area contributed by atoms with Gasteiger partial charge in [-0.05, 0) is 0 Å². The predicted octanol–water partition coefficient (Wildman–Crippen LogP) is 3.84. The summed E-state index contributed by atoms with van der Waals surface area (Å²) in [7, 11) is 0. The number of halogens is 6. The van der Waals surface area contributed by atoms with E-state index < -0.39 is 0 Å². The van der Waals surface area contributed by atoms with Crippen LogP contribution in [0.15, 0.2) is 0 Å². The summed E-state index contributed by atoms with van der Waals surface area (Å²) >= 11 is 32.0. The van der Waals surface area contributed by atoms with Crippen LogP contribution in [0.3, 0.4) is 0 Å². The minimum Gasteiger partial charge on any atom is -0.120 e. The zero-order valence-electron chi connectivity index (χ0n) is 5.73. The highest BCUT2D eigenvalue weighted by atomic mass is 127. The van der Waals surface area contributed by atoms with Crippen LogP contribution in [0.1, 0.15) is 0 Å². The highest BCUT2D eigenvalue weighted by Crippen LogP contribution is 2.40. The molecule has 0 saturated heterocycles. The summed E-state index contributed by atoms with van der Waals surface area (Å²) in [5.41, 5.74) is 0. The van der Waals surface area contributed by atoms with Crippen LogP contribution in [-0.4, -0.2) is 30.8 Å². The second-order valence-corrected chi connectivity index (χ2v) is 6.62. The topological polar surface area (TPSA) is 0 Å². The van der Waals surface area contributed by atoms with E-state index in [4.69, 9.17) is 58.0 Å². The Morgan fingerprint density at radius 2 is 0.833 bits per heavy atom. The van der Waals surface area contributed by atoms with E-state index in [1.807, 2.05) is 0 Å². The van der Waals surface area contributed by atoms with Crippen molar-refractivity contribution in [2.24, 2.45) is 0 Å². The summed E-state index contributed by atoms with van der Waals surface area (Å²) < 4.78 is 0.0610. The van der Waals surface area contributed by atoms with E-state index in [0.717, 1.165) is 0 Å². The number of alkyl halides is 6. The summed E-state index contributed by atoms with van der Waals surface area (Å²) in [6.45, 7) is 0. The second-order valence-electron chi connectivity index (χ2n) is 2.67. The summed E-state index contributed by atoms with van der Waals surface area (Å²) in [6, 6.07) is 0. The quantitative estimate of drug-likeness (QED) is 0.441. The van der Waals surface area contributed by atoms with E-state index in [9.17, 15) is 0 Å². The first-order chi connectivity index (χ1) is 5.46. The lowest BCUT2D eigenvalue weighted by molar-refractivity contribution is 0.561. The van der Waals surface area contributed by atoms with Gasteiger partial charge < -0.3 is 0 Å².